The molecule has 0 aliphatic rings. The van der Waals surface area contributed by atoms with Crippen molar-refractivity contribution in [3.63, 3.8) is 0 Å². The van der Waals surface area contributed by atoms with Crippen molar-refractivity contribution < 1.29 is 59.4 Å². The third-order valence-corrected chi connectivity index (χ3v) is 13.0. The summed E-state index contributed by atoms with van der Waals surface area (Å²) >= 11 is 0. The molecule has 336 valence electrons. The molecule has 0 spiro atoms. The molecule has 0 fully saturated rings. The number of rotatable bonds is 22. The van der Waals surface area contributed by atoms with Crippen molar-refractivity contribution in [2.45, 2.75) is 119 Å². The van der Waals surface area contributed by atoms with Crippen molar-refractivity contribution >= 4 is 15.6 Å². The number of nitrogens with zero attached hydrogens (tertiary/aromatic N) is 5. The molecule has 0 bridgehead atoms. The Morgan fingerprint density at radius 2 is 0.630 bits per heavy atom. The smallest absolute Gasteiger partial charge is 0.268 e. The van der Waals surface area contributed by atoms with Crippen LogP contribution in [0.2, 0.25) is 0 Å². The predicted molar refractivity (Wildman–Crippen MR) is 229 cm³/mol. The van der Waals surface area contributed by atoms with Gasteiger partial charge in [0.1, 0.15) is 52.5 Å². The third-order valence-electron chi connectivity index (χ3n) is 10.7. The summed E-state index contributed by atoms with van der Waals surface area (Å²) in [5.74, 6) is 0. The van der Waals surface area contributed by atoms with Crippen LogP contribution in [0.15, 0.2) is 0 Å². The molecule has 15 heteroatoms. The van der Waals surface area contributed by atoms with Crippen molar-refractivity contribution in [2.24, 2.45) is 0 Å². The average molecular weight is 826 g/mol. The van der Waals surface area contributed by atoms with Gasteiger partial charge in [-0.15, -0.1) is 0 Å². The van der Waals surface area contributed by atoms with Crippen LogP contribution in [-0.4, -0.2) is 182 Å². The van der Waals surface area contributed by atoms with E-state index < -0.39 is 15.6 Å². The zero-order valence-corrected chi connectivity index (χ0v) is 42.3. The molecule has 0 amide bonds. The second-order valence-corrected chi connectivity index (χ2v) is 21.4. The highest BCUT2D eigenvalue weighted by molar-refractivity contribution is 7.46. The third kappa shape index (κ3) is 33.0. The van der Waals surface area contributed by atoms with E-state index in [-0.39, 0.29) is 47.7 Å². The Balaban J connectivity index is -0.000000159. The van der Waals surface area contributed by atoms with Crippen LogP contribution in [-0.2, 0) is 27.2 Å². The summed E-state index contributed by atoms with van der Waals surface area (Å²) in [6.45, 7) is 30.5. The quantitative estimate of drug-likeness (QED) is 0.0726. The summed E-state index contributed by atoms with van der Waals surface area (Å²) in [7, 11) is 13.7. The fraction of sp³-hybridized carbons (Fsp3) is 0.923. The Hall–Kier alpha value is 0.0200. The summed E-state index contributed by atoms with van der Waals surface area (Å²) in [5, 5.41) is 0. The van der Waals surface area contributed by atoms with Gasteiger partial charge in [0.15, 0.2) is 0 Å². The molecular formula is C39H97N5O8P2. The van der Waals surface area contributed by atoms with E-state index >= 15 is 0 Å². The topological polar surface area (TPSA) is 117 Å². The van der Waals surface area contributed by atoms with Gasteiger partial charge in [0.05, 0.1) is 107 Å². The Labute approximate surface area is 339 Å². The first-order valence-corrected chi connectivity index (χ1v) is 21.8. The van der Waals surface area contributed by atoms with E-state index in [9.17, 15) is 18.9 Å². The largest absolute Gasteiger partial charge is 0.756 e. The van der Waals surface area contributed by atoms with Crippen LogP contribution in [0.3, 0.4) is 0 Å². The summed E-state index contributed by atoms with van der Waals surface area (Å²) in [5.41, 5.74) is 0. The fourth-order valence-electron chi connectivity index (χ4n) is 3.55. The van der Waals surface area contributed by atoms with Crippen LogP contribution in [0.5, 0.6) is 0 Å². The zero-order chi connectivity index (χ0) is 41.4. The van der Waals surface area contributed by atoms with E-state index in [2.05, 4.69) is 116 Å². The minimum absolute atomic E-state index is 0. The lowest BCUT2D eigenvalue weighted by atomic mass is 10.2. The molecule has 0 radical (unpaired) electrons. The molecule has 0 saturated heterocycles. The first-order chi connectivity index (χ1) is 22.4. The highest BCUT2D eigenvalue weighted by Crippen LogP contribution is 2.40. The van der Waals surface area contributed by atoms with Gasteiger partial charge in [0.25, 0.3) is 15.6 Å². The van der Waals surface area contributed by atoms with Crippen LogP contribution >= 0.6 is 15.6 Å². The summed E-state index contributed by atoms with van der Waals surface area (Å²) in [6, 6.07) is 2.40. The van der Waals surface area contributed by atoms with Crippen molar-refractivity contribution in [2.75, 3.05) is 123 Å². The predicted octanol–water partition coefficient (Wildman–Crippen LogP) is 6.15. The number of phosphoric acid groups is 2. The van der Waals surface area contributed by atoms with Crippen LogP contribution in [0, 0.1) is 22.3 Å². The minimum atomic E-state index is -4.17. The molecular weight excluding hydrogens is 728 g/mol. The summed E-state index contributed by atoms with van der Waals surface area (Å²) in [4.78, 5) is 22.8. The number of hydrogen-bond donors (Lipinski definition) is 0. The maximum absolute atomic E-state index is 11.5. The molecule has 13 nitrogen and oxygen atoms in total. The Morgan fingerprint density at radius 1 is 0.407 bits per heavy atom. The Bertz CT molecular complexity index is 1010. The van der Waals surface area contributed by atoms with Gasteiger partial charge in [-0.05, 0) is 83.1 Å². The highest BCUT2D eigenvalue weighted by Gasteiger charge is 2.28. The van der Waals surface area contributed by atoms with E-state index in [4.69, 9.17) is 13.6 Å². The maximum Gasteiger partial charge on any atom is 0.268 e. The minimum Gasteiger partial charge on any atom is -0.756 e. The van der Waals surface area contributed by atoms with Crippen molar-refractivity contribution in [3.8, 4) is 0 Å². The molecule has 0 rings (SSSR count). The van der Waals surface area contributed by atoms with Gasteiger partial charge < -0.3 is 72.6 Å². The zero-order valence-electron chi connectivity index (χ0n) is 40.5. The van der Waals surface area contributed by atoms with Crippen molar-refractivity contribution in [3.05, 3.63) is 22.3 Å². The van der Waals surface area contributed by atoms with Gasteiger partial charge in [-0.2, -0.15) is 0 Å². The number of quaternary nitrogens is 5. The summed E-state index contributed by atoms with van der Waals surface area (Å²) < 4.78 is 46.5. The van der Waals surface area contributed by atoms with Gasteiger partial charge in [0, 0.05) is 0 Å². The molecule has 2 atom stereocenters. The first-order valence-electron chi connectivity index (χ1n) is 18.8. The monoisotopic (exact) mass is 826 g/mol. The van der Waals surface area contributed by atoms with E-state index in [0.29, 0.717) is 41.7 Å². The van der Waals surface area contributed by atoms with Gasteiger partial charge >= 0.3 is 0 Å². The lowest BCUT2D eigenvalue weighted by molar-refractivity contribution is -0.965. The lowest BCUT2D eigenvalue weighted by Crippen LogP contribution is -2.55. The maximum atomic E-state index is 11.5. The van der Waals surface area contributed by atoms with E-state index in [1.807, 2.05) is 14.1 Å². The number of phosphoric ester groups is 2. The molecule has 0 heterocycles. The number of hydrogen-bond acceptors (Lipinski definition) is 8. The van der Waals surface area contributed by atoms with Gasteiger partial charge in [-0.3, -0.25) is 9.13 Å². The fourth-order valence-corrected chi connectivity index (χ4v) is 5.32. The average Bonchev–Trinajstić information content (AvgIpc) is 2.89. The first kappa shape index (κ1) is 65.9. The molecule has 2 unspecified atom stereocenters. The van der Waals surface area contributed by atoms with Gasteiger partial charge in [0.2, 0.25) is 0 Å². The molecule has 0 aliphatic carbocycles. The van der Waals surface area contributed by atoms with Crippen molar-refractivity contribution in [1.29, 1.82) is 0 Å². The molecule has 0 aromatic carbocycles. The number of likely N-dealkylation sites (N-methyl/N-ethyl adjacent to an activating group) is 5. The molecule has 0 saturated carbocycles. The standard InChI is InChI=1S/C14H34N2O4P.C12H30N2.C10H24NO4P.3CH3/c1-13(2)16(7,8)10-9-15(5,6)11-12-19-21(17,18)20-14(3)4;1-11(2)13(5,6)9-10-14(7,8)12(3)4;1-9(2)11(5,6)7-8-14-16(12,13)15-10(3)4;;;/h13-14H,9-12H2,1-8H3;11-12H,9-10H2,1-8H3;9-10H,7-8H2,1-6H3;3*1H3/q+1;+2;;3*-1. The van der Waals surface area contributed by atoms with E-state index in [0.717, 1.165) is 31.0 Å². The molecule has 0 aromatic heterocycles. The molecule has 0 N–H and O–H groups in total. The van der Waals surface area contributed by atoms with Crippen molar-refractivity contribution in [1.82, 2.24) is 0 Å². The Morgan fingerprint density at radius 3 is 0.870 bits per heavy atom. The van der Waals surface area contributed by atoms with E-state index in [1.165, 1.54) is 13.1 Å². The lowest BCUT2D eigenvalue weighted by Gasteiger charge is -2.40. The van der Waals surface area contributed by atoms with Crippen LogP contribution in [0.25, 0.3) is 0 Å². The normalized spacial score (nSPS) is 15.1. The van der Waals surface area contributed by atoms with E-state index in [1.54, 1.807) is 27.7 Å². The van der Waals surface area contributed by atoms with Gasteiger partial charge in [-0.25, -0.2) is 0 Å². The SMILES string of the molecule is CC(C)OP(=O)([O-])OCC[N+](C)(C)C(C)C.CC(C)OP(=O)([O-])OCC[N+](C)(C)CC[N+](C)(C)C(C)C.CC(C)[N+](C)(C)CC[N+](C)(C)C(C)C.[CH3-].[CH3-].[CH3-]. The highest BCUT2D eigenvalue weighted by atomic mass is 31.2. The molecule has 0 aromatic rings. The second-order valence-electron chi connectivity index (χ2n) is 18.6. The van der Waals surface area contributed by atoms with Gasteiger partial charge in [-0.1, -0.05) is 0 Å². The molecule has 54 heavy (non-hydrogen) atoms. The van der Waals surface area contributed by atoms with Crippen LogP contribution < -0.4 is 9.79 Å². The molecule has 0 aliphatic heterocycles. The van der Waals surface area contributed by atoms with Crippen LogP contribution in [0.4, 0.5) is 0 Å². The summed E-state index contributed by atoms with van der Waals surface area (Å²) in [6.07, 6.45) is -0.768. The second kappa shape index (κ2) is 27.7. The Kier molecular flexibility index (Phi) is 33.7. The van der Waals surface area contributed by atoms with Crippen LogP contribution in [0.1, 0.15) is 83.1 Å².